The molecule has 0 bridgehead atoms. The molecule has 1 aliphatic rings. The van der Waals surface area contributed by atoms with Crippen molar-refractivity contribution in [2.75, 3.05) is 13.1 Å². The molecule has 5 heteroatoms. The number of halogens is 1. The van der Waals surface area contributed by atoms with E-state index in [1.807, 2.05) is 0 Å². The summed E-state index contributed by atoms with van der Waals surface area (Å²) in [5.41, 5.74) is 0.0213. The van der Waals surface area contributed by atoms with E-state index >= 15 is 0 Å². The second kappa shape index (κ2) is 3.32. The van der Waals surface area contributed by atoms with Crippen molar-refractivity contribution in [3.05, 3.63) is 17.5 Å². The van der Waals surface area contributed by atoms with Crippen molar-refractivity contribution in [1.82, 2.24) is 15.1 Å². The highest BCUT2D eigenvalue weighted by molar-refractivity contribution is 5.95. The maximum atomic E-state index is 13.5. The van der Waals surface area contributed by atoms with Gasteiger partial charge in [-0.15, -0.1) is 0 Å². The molecule has 1 saturated heterocycles. The van der Waals surface area contributed by atoms with Gasteiger partial charge < -0.3 is 4.90 Å². The van der Waals surface area contributed by atoms with Crippen molar-refractivity contribution in [3.63, 3.8) is 0 Å². The summed E-state index contributed by atoms with van der Waals surface area (Å²) in [6.07, 6.45) is 1.90. The number of aromatic nitrogens is 2. The van der Waals surface area contributed by atoms with Crippen LogP contribution in [0.25, 0.3) is 0 Å². The molecule has 0 saturated carbocycles. The molecule has 0 aliphatic carbocycles. The standard InChI is InChI=1S/C10H14FN3O/c1-7-8(5-12-13-7)9(15)14-4-3-10(2,11)6-14/h5H,3-4,6H2,1-2H3,(H,12,13). The minimum atomic E-state index is -1.24. The molecule has 15 heavy (non-hydrogen) atoms. The Morgan fingerprint density at radius 1 is 1.73 bits per heavy atom. The van der Waals surface area contributed by atoms with Crippen LogP contribution in [0.1, 0.15) is 29.4 Å². The normalized spacial score (nSPS) is 25.9. The summed E-state index contributed by atoms with van der Waals surface area (Å²) in [6.45, 7) is 3.97. The first kappa shape index (κ1) is 10.1. The van der Waals surface area contributed by atoms with Gasteiger partial charge in [0.2, 0.25) is 0 Å². The molecule has 0 radical (unpaired) electrons. The van der Waals surface area contributed by atoms with E-state index in [9.17, 15) is 9.18 Å². The van der Waals surface area contributed by atoms with E-state index < -0.39 is 5.67 Å². The number of likely N-dealkylation sites (tertiary alicyclic amines) is 1. The molecule has 1 aromatic heterocycles. The quantitative estimate of drug-likeness (QED) is 0.761. The van der Waals surface area contributed by atoms with Gasteiger partial charge in [0.25, 0.3) is 5.91 Å². The van der Waals surface area contributed by atoms with Crippen LogP contribution in [0.15, 0.2) is 6.20 Å². The predicted octanol–water partition coefficient (Wildman–Crippen LogP) is 1.29. The molecule has 1 amide bonds. The van der Waals surface area contributed by atoms with E-state index in [-0.39, 0.29) is 12.5 Å². The fourth-order valence-corrected chi connectivity index (χ4v) is 1.83. The van der Waals surface area contributed by atoms with Gasteiger partial charge >= 0.3 is 0 Å². The van der Waals surface area contributed by atoms with Crippen molar-refractivity contribution in [1.29, 1.82) is 0 Å². The molecule has 2 heterocycles. The van der Waals surface area contributed by atoms with Gasteiger partial charge in [-0.05, 0) is 13.8 Å². The smallest absolute Gasteiger partial charge is 0.257 e. The first-order chi connectivity index (χ1) is 6.99. The first-order valence-corrected chi connectivity index (χ1v) is 4.98. The summed E-state index contributed by atoms with van der Waals surface area (Å²) in [5, 5.41) is 6.49. The molecule has 4 nitrogen and oxygen atoms in total. The number of rotatable bonds is 1. The third-order valence-electron chi connectivity index (χ3n) is 2.77. The van der Waals surface area contributed by atoms with Crippen LogP contribution in [0.2, 0.25) is 0 Å². The second-order valence-corrected chi connectivity index (χ2v) is 4.30. The second-order valence-electron chi connectivity index (χ2n) is 4.30. The highest BCUT2D eigenvalue weighted by atomic mass is 19.1. The number of hydrogen-bond donors (Lipinski definition) is 1. The van der Waals surface area contributed by atoms with E-state index in [1.54, 1.807) is 6.92 Å². The lowest BCUT2D eigenvalue weighted by atomic mass is 10.1. The molecule has 82 valence electrons. The number of carbonyl (C=O) groups is 1. The Bertz CT molecular complexity index is 386. The summed E-state index contributed by atoms with van der Waals surface area (Å²) in [5.74, 6) is -0.136. The zero-order valence-electron chi connectivity index (χ0n) is 8.88. The molecule has 1 fully saturated rings. The highest BCUT2D eigenvalue weighted by Gasteiger charge is 2.36. The lowest BCUT2D eigenvalue weighted by Gasteiger charge is -2.16. The van der Waals surface area contributed by atoms with Gasteiger partial charge in [-0.3, -0.25) is 9.89 Å². The van der Waals surface area contributed by atoms with E-state index in [4.69, 9.17) is 0 Å². The molecule has 1 atom stereocenters. The van der Waals surface area contributed by atoms with Crippen LogP contribution >= 0.6 is 0 Å². The zero-order valence-corrected chi connectivity index (χ0v) is 8.88. The Hall–Kier alpha value is -1.39. The molecular weight excluding hydrogens is 197 g/mol. The maximum Gasteiger partial charge on any atom is 0.257 e. The van der Waals surface area contributed by atoms with Gasteiger partial charge in [-0.1, -0.05) is 0 Å². The number of H-pyrrole nitrogens is 1. The number of aryl methyl sites for hydroxylation is 1. The van der Waals surface area contributed by atoms with Crippen LogP contribution in [-0.2, 0) is 0 Å². The number of aromatic amines is 1. The van der Waals surface area contributed by atoms with Gasteiger partial charge in [-0.2, -0.15) is 5.10 Å². The summed E-state index contributed by atoms with van der Waals surface area (Å²) in [4.78, 5) is 13.5. The molecule has 0 aromatic carbocycles. The predicted molar refractivity (Wildman–Crippen MR) is 53.4 cm³/mol. The fourth-order valence-electron chi connectivity index (χ4n) is 1.83. The van der Waals surface area contributed by atoms with Crippen molar-refractivity contribution in [3.8, 4) is 0 Å². The van der Waals surface area contributed by atoms with Crippen LogP contribution in [-0.4, -0.2) is 39.8 Å². The van der Waals surface area contributed by atoms with E-state index in [2.05, 4.69) is 10.2 Å². The minimum Gasteiger partial charge on any atom is -0.335 e. The van der Waals surface area contributed by atoms with Crippen LogP contribution in [0.3, 0.4) is 0 Å². The van der Waals surface area contributed by atoms with Crippen LogP contribution in [0, 0.1) is 6.92 Å². The monoisotopic (exact) mass is 211 g/mol. The Labute approximate surface area is 87.5 Å². The summed E-state index contributed by atoms with van der Waals surface area (Å²) in [6, 6.07) is 0. The SMILES string of the molecule is Cc1[nH]ncc1C(=O)N1CCC(C)(F)C1. The topological polar surface area (TPSA) is 49.0 Å². The maximum absolute atomic E-state index is 13.5. The van der Waals surface area contributed by atoms with Gasteiger partial charge in [-0.25, -0.2) is 4.39 Å². The molecule has 1 aromatic rings. The number of hydrogen-bond acceptors (Lipinski definition) is 2. The molecule has 1 aliphatic heterocycles. The van der Waals surface area contributed by atoms with E-state index in [0.717, 1.165) is 5.69 Å². The molecule has 2 rings (SSSR count). The largest absolute Gasteiger partial charge is 0.335 e. The van der Waals surface area contributed by atoms with Crippen LogP contribution < -0.4 is 0 Å². The number of alkyl halides is 1. The summed E-state index contributed by atoms with van der Waals surface area (Å²) >= 11 is 0. The fraction of sp³-hybridized carbons (Fsp3) is 0.600. The third kappa shape index (κ3) is 1.86. The number of amides is 1. The molecule has 0 spiro atoms. The summed E-state index contributed by atoms with van der Waals surface area (Å²) in [7, 11) is 0. The Morgan fingerprint density at radius 3 is 2.93 bits per heavy atom. The minimum absolute atomic E-state index is 0.136. The summed E-state index contributed by atoms with van der Waals surface area (Å²) < 4.78 is 13.5. The number of nitrogens with one attached hydrogen (secondary N) is 1. The first-order valence-electron chi connectivity index (χ1n) is 4.98. The van der Waals surface area contributed by atoms with Crippen LogP contribution in [0.4, 0.5) is 4.39 Å². The van der Waals surface area contributed by atoms with E-state index in [0.29, 0.717) is 18.5 Å². The Morgan fingerprint density at radius 2 is 2.47 bits per heavy atom. The van der Waals surface area contributed by atoms with Crippen LogP contribution in [0.5, 0.6) is 0 Å². The molecular formula is C10H14FN3O. The number of carbonyl (C=O) groups excluding carboxylic acids is 1. The van der Waals surface area contributed by atoms with Crippen molar-refractivity contribution in [2.24, 2.45) is 0 Å². The molecule has 1 N–H and O–H groups in total. The third-order valence-corrected chi connectivity index (χ3v) is 2.77. The van der Waals surface area contributed by atoms with Crippen molar-refractivity contribution >= 4 is 5.91 Å². The van der Waals surface area contributed by atoms with Gasteiger partial charge in [0.1, 0.15) is 5.67 Å². The lowest BCUT2D eigenvalue weighted by molar-refractivity contribution is 0.0760. The van der Waals surface area contributed by atoms with Gasteiger partial charge in [0, 0.05) is 18.7 Å². The number of nitrogens with zero attached hydrogens (tertiary/aromatic N) is 2. The van der Waals surface area contributed by atoms with Gasteiger partial charge in [0.15, 0.2) is 0 Å². The van der Waals surface area contributed by atoms with Crippen molar-refractivity contribution < 1.29 is 9.18 Å². The lowest BCUT2D eigenvalue weighted by Crippen LogP contribution is -2.32. The molecule has 1 unspecified atom stereocenters. The van der Waals surface area contributed by atoms with E-state index in [1.165, 1.54) is 18.0 Å². The Kier molecular flexibility index (Phi) is 2.25. The average molecular weight is 211 g/mol. The van der Waals surface area contributed by atoms with Gasteiger partial charge in [0.05, 0.1) is 18.3 Å². The Balaban J connectivity index is 2.14. The zero-order chi connectivity index (χ0) is 11.1. The highest BCUT2D eigenvalue weighted by Crippen LogP contribution is 2.26. The average Bonchev–Trinajstić information content (AvgIpc) is 2.71. The van der Waals surface area contributed by atoms with Crippen molar-refractivity contribution in [2.45, 2.75) is 25.9 Å².